The summed E-state index contributed by atoms with van der Waals surface area (Å²) in [6.45, 7) is 0. The van der Waals surface area contributed by atoms with E-state index in [4.69, 9.17) is 4.42 Å². The number of hydrogen-bond acceptors (Lipinski definition) is 4. The number of fused-ring (bicyclic) bond motifs is 1. The van der Waals surface area contributed by atoms with E-state index >= 15 is 0 Å². The largest absolute Gasteiger partial charge is 0.432 e. The van der Waals surface area contributed by atoms with Crippen molar-refractivity contribution in [3.63, 3.8) is 0 Å². The van der Waals surface area contributed by atoms with Gasteiger partial charge in [-0.25, -0.2) is 9.37 Å². The summed E-state index contributed by atoms with van der Waals surface area (Å²) < 4.78 is 18.0. The van der Waals surface area contributed by atoms with E-state index in [0.717, 1.165) is 12.2 Å². The molecule has 4 nitrogen and oxygen atoms in total. The highest BCUT2D eigenvalue weighted by atomic mass is 19.1. The molecule has 2 aromatic rings. The smallest absolute Gasteiger partial charge is 0.227 e. The molecule has 1 aliphatic carbocycles. The number of carbonyl (C=O) groups excluding carboxylic acids is 2. The third-order valence-electron chi connectivity index (χ3n) is 2.56. The molecular weight excluding hydrogens is 237 g/mol. The average Bonchev–Trinajstić information content (AvgIpc) is 2.81. The van der Waals surface area contributed by atoms with Gasteiger partial charge in [0.25, 0.3) is 0 Å². The number of benzene rings is 1. The average molecular weight is 243 g/mol. The molecule has 0 bridgehead atoms. The van der Waals surface area contributed by atoms with Crippen LogP contribution in [0.1, 0.15) is 21.0 Å². The number of nitrogens with zero attached hydrogens (tertiary/aromatic N) is 1. The number of carbonyl (C=O) groups is 2. The Hall–Kier alpha value is -2.56. The van der Waals surface area contributed by atoms with Crippen molar-refractivity contribution in [2.24, 2.45) is 0 Å². The third kappa shape index (κ3) is 1.57. The molecule has 0 fully saturated rings. The fourth-order valence-corrected chi connectivity index (χ4v) is 1.68. The number of oxazole rings is 1. The molecule has 0 aliphatic heterocycles. The van der Waals surface area contributed by atoms with Crippen molar-refractivity contribution in [2.75, 3.05) is 0 Å². The summed E-state index contributed by atoms with van der Waals surface area (Å²) in [6.07, 6.45) is 2.30. The predicted molar refractivity (Wildman–Crippen MR) is 59.7 cm³/mol. The van der Waals surface area contributed by atoms with E-state index in [1.165, 1.54) is 24.3 Å². The van der Waals surface area contributed by atoms with Crippen LogP contribution in [0.4, 0.5) is 4.39 Å². The molecule has 88 valence electrons. The SMILES string of the molecule is O=C1C=CC(=O)c2oc(-c3ccc(F)cc3)nc21. The second-order valence-electron chi connectivity index (χ2n) is 3.77. The zero-order valence-corrected chi connectivity index (χ0v) is 9.01. The minimum absolute atomic E-state index is 0.00169. The van der Waals surface area contributed by atoms with Gasteiger partial charge in [0.15, 0.2) is 5.69 Å². The van der Waals surface area contributed by atoms with Gasteiger partial charge >= 0.3 is 0 Å². The van der Waals surface area contributed by atoms with Crippen LogP contribution in [-0.2, 0) is 0 Å². The van der Waals surface area contributed by atoms with E-state index in [2.05, 4.69) is 4.98 Å². The molecule has 0 amide bonds. The maximum Gasteiger partial charge on any atom is 0.227 e. The van der Waals surface area contributed by atoms with Gasteiger partial charge in [0.1, 0.15) is 5.82 Å². The van der Waals surface area contributed by atoms with Crippen molar-refractivity contribution in [1.29, 1.82) is 0 Å². The van der Waals surface area contributed by atoms with Crippen LogP contribution in [0.3, 0.4) is 0 Å². The van der Waals surface area contributed by atoms with Crippen molar-refractivity contribution in [3.05, 3.63) is 53.7 Å². The third-order valence-corrected chi connectivity index (χ3v) is 2.56. The Kier molecular flexibility index (Phi) is 2.19. The fraction of sp³-hybridized carbons (Fsp3) is 0. The molecule has 1 aromatic carbocycles. The lowest BCUT2D eigenvalue weighted by molar-refractivity contribution is 0.0974. The Labute approximate surface area is 101 Å². The van der Waals surface area contributed by atoms with Crippen LogP contribution in [0, 0.1) is 5.82 Å². The summed E-state index contributed by atoms with van der Waals surface area (Å²) in [7, 11) is 0. The van der Waals surface area contributed by atoms with Crippen LogP contribution in [-0.4, -0.2) is 16.6 Å². The summed E-state index contributed by atoms with van der Waals surface area (Å²) in [6, 6.07) is 5.44. The van der Waals surface area contributed by atoms with E-state index in [9.17, 15) is 14.0 Å². The van der Waals surface area contributed by atoms with E-state index in [0.29, 0.717) is 5.56 Å². The van der Waals surface area contributed by atoms with Crippen molar-refractivity contribution < 1.29 is 18.4 Å². The summed E-state index contributed by atoms with van der Waals surface area (Å²) in [5.41, 5.74) is 0.508. The van der Waals surface area contributed by atoms with Crippen molar-refractivity contribution in [1.82, 2.24) is 4.98 Å². The van der Waals surface area contributed by atoms with Gasteiger partial charge in [0, 0.05) is 5.56 Å². The van der Waals surface area contributed by atoms with Gasteiger partial charge in [-0.05, 0) is 36.4 Å². The number of allylic oxidation sites excluding steroid dienone is 2. The number of ketones is 2. The normalized spacial score (nSPS) is 13.8. The zero-order valence-electron chi connectivity index (χ0n) is 9.01. The molecule has 0 atom stereocenters. The Morgan fingerprint density at radius 3 is 2.33 bits per heavy atom. The quantitative estimate of drug-likeness (QED) is 0.771. The Balaban J connectivity index is 2.11. The second kappa shape index (κ2) is 3.73. The Bertz CT molecular complexity index is 647. The highest BCUT2D eigenvalue weighted by Crippen LogP contribution is 2.25. The topological polar surface area (TPSA) is 60.2 Å². The molecule has 0 spiro atoms. The van der Waals surface area contributed by atoms with E-state index in [-0.39, 0.29) is 28.9 Å². The second-order valence-corrected chi connectivity index (χ2v) is 3.77. The lowest BCUT2D eigenvalue weighted by Crippen LogP contribution is -2.09. The Morgan fingerprint density at radius 1 is 1.00 bits per heavy atom. The van der Waals surface area contributed by atoms with Gasteiger partial charge in [-0.1, -0.05) is 0 Å². The summed E-state index contributed by atoms with van der Waals surface area (Å²) >= 11 is 0. The first-order valence-corrected chi connectivity index (χ1v) is 5.18. The molecule has 0 saturated carbocycles. The van der Waals surface area contributed by atoms with Crippen LogP contribution < -0.4 is 0 Å². The first kappa shape index (κ1) is 10.6. The van der Waals surface area contributed by atoms with Crippen LogP contribution in [0.25, 0.3) is 11.5 Å². The fourth-order valence-electron chi connectivity index (χ4n) is 1.68. The molecule has 1 aliphatic rings. The highest BCUT2D eigenvalue weighted by Gasteiger charge is 2.26. The predicted octanol–water partition coefficient (Wildman–Crippen LogP) is 2.42. The highest BCUT2D eigenvalue weighted by molar-refractivity contribution is 6.20. The maximum absolute atomic E-state index is 12.8. The van der Waals surface area contributed by atoms with Gasteiger partial charge < -0.3 is 4.42 Å². The molecule has 0 unspecified atom stereocenters. The van der Waals surface area contributed by atoms with Gasteiger partial charge in [0.2, 0.25) is 23.2 Å². The number of hydrogen-bond donors (Lipinski definition) is 0. The van der Waals surface area contributed by atoms with Crippen molar-refractivity contribution >= 4 is 11.6 Å². The lowest BCUT2D eigenvalue weighted by atomic mass is 10.1. The Morgan fingerprint density at radius 2 is 1.67 bits per heavy atom. The minimum Gasteiger partial charge on any atom is -0.432 e. The maximum atomic E-state index is 12.8. The van der Waals surface area contributed by atoms with E-state index in [1.54, 1.807) is 0 Å². The molecule has 18 heavy (non-hydrogen) atoms. The number of rotatable bonds is 1. The summed E-state index contributed by atoms with van der Waals surface area (Å²) in [5, 5.41) is 0. The monoisotopic (exact) mass is 243 g/mol. The number of aromatic nitrogens is 1. The van der Waals surface area contributed by atoms with E-state index < -0.39 is 5.78 Å². The van der Waals surface area contributed by atoms with Gasteiger partial charge in [-0.15, -0.1) is 0 Å². The lowest BCUT2D eigenvalue weighted by Gasteiger charge is -1.97. The van der Waals surface area contributed by atoms with Crippen molar-refractivity contribution in [2.45, 2.75) is 0 Å². The zero-order chi connectivity index (χ0) is 12.7. The van der Waals surface area contributed by atoms with Crippen LogP contribution in [0.15, 0.2) is 40.8 Å². The summed E-state index contributed by atoms with van der Waals surface area (Å²) in [5.74, 6) is -1.09. The molecule has 0 N–H and O–H groups in total. The van der Waals surface area contributed by atoms with Crippen LogP contribution in [0.2, 0.25) is 0 Å². The molecule has 1 heterocycles. The van der Waals surface area contributed by atoms with Gasteiger partial charge in [-0.2, -0.15) is 0 Å². The summed E-state index contributed by atoms with van der Waals surface area (Å²) in [4.78, 5) is 27.0. The molecule has 0 saturated heterocycles. The van der Waals surface area contributed by atoms with Gasteiger partial charge in [0.05, 0.1) is 0 Å². The molecule has 1 aromatic heterocycles. The molecule has 0 radical (unpaired) electrons. The van der Waals surface area contributed by atoms with Crippen molar-refractivity contribution in [3.8, 4) is 11.5 Å². The minimum atomic E-state index is -0.398. The number of halogens is 1. The van der Waals surface area contributed by atoms with E-state index in [1.807, 2.05) is 0 Å². The molecular formula is C13H6FNO3. The molecule has 3 rings (SSSR count). The van der Waals surface area contributed by atoms with Crippen LogP contribution >= 0.6 is 0 Å². The first-order chi connectivity index (χ1) is 8.65. The van der Waals surface area contributed by atoms with Crippen LogP contribution in [0.5, 0.6) is 0 Å². The standard InChI is InChI=1S/C13H6FNO3/c14-8-3-1-7(2-4-8)13-15-11-9(16)5-6-10(17)12(11)18-13/h1-6H. The van der Waals surface area contributed by atoms with Gasteiger partial charge in [-0.3, -0.25) is 9.59 Å². The first-order valence-electron chi connectivity index (χ1n) is 5.18. The molecule has 5 heteroatoms.